The molecule has 0 saturated heterocycles. The number of unbranched alkanes of at least 4 members (excludes halogenated alkanes) is 1. The van der Waals surface area contributed by atoms with Gasteiger partial charge in [0, 0.05) is 6.54 Å². The average Bonchev–Trinajstić information content (AvgIpc) is 3.07. The highest BCUT2D eigenvalue weighted by atomic mass is 16.4. The zero-order valence-electron chi connectivity index (χ0n) is 28.4. The van der Waals surface area contributed by atoms with E-state index in [4.69, 9.17) is 10.8 Å². The third-order valence-corrected chi connectivity index (χ3v) is 5.91. The Bertz CT molecular complexity index is 999. The number of rotatable bonds is 21. The van der Waals surface area contributed by atoms with Gasteiger partial charge < -0.3 is 58.1 Å². The molecule has 3 unspecified atom stereocenters. The van der Waals surface area contributed by atoms with Crippen LogP contribution in [0.5, 0.6) is 0 Å². The van der Waals surface area contributed by atoms with Gasteiger partial charge in [0.1, 0.15) is 24.7 Å². The number of carbonyl (C=O) groups is 6. The van der Waals surface area contributed by atoms with Gasteiger partial charge in [0.25, 0.3) is 0 Å². The number of carbonyl (C=O) groups excluding carboxylic acids is 5. The lowest BCUT2D eigenvalue weighted by Gasteiger charge is -2.23. The minimum Gasteiger partial charge on any atom is -0.481 e. The molecule has 3 amide bonds. The van der Waals surface area contributed by atoms with E-state index in [1.54, 1.807) is 14.1 Å². The van der Waals surface area contributed by atoms with Crippen LogP contribution in [0.2, 0.25) is 0 Å². The molecule has 0 bridgehead atoms. The van der Waals surface area contributed by atoms with Crippen LogP contribution in [-0.2, 0) is 28.8 Å². The van der Waals surface area contributed by atoms with E-state index >= 15 is 0 Å². The lowest BCUT2D eigenvalue weighted by Crippen LogP contribution is -2.54. The van der Waals surface area contributed by atoms with Crippen LogP contribution in [0.3, 0.4) is 0 Å². The van der Waals surface area contributed by atoms with Crippen LogP contribution < -0.4 is 43.4 Å². The van der Waals surface area contributed by atoms with E-state index in [-0.39, 0.29) is 25.4 Å². The molecule has 0 aliphatic rings. The summed E-state index contributed by atoms with van der Waals surface area (Å²) in [5.74, 6) is -2.17. The first-order chi connectivity index (χ1) is 22.6. The van der Waals surface area contributed by atoms with Gasteiger partial charge in [-0.15, -0.1) is 0 Å². The Balaban J connectivity index is -0.000000864. The van der Waals surface area contributed by atoms with Gasteiger partial charge in [-0.05, 0) is 73.8 Å². The van der Waals surface area contributed by atoms with Crippen molar-refractivity contribution in [1.29, 1.82) is 0 Å². The number of aldehydes is 2. The molecule has 16 nitrogen and oxygen atoms in total. The molecule has 1 aromatic carbocycles. The molecule has 0 aliphatic heterocycles. The summed E-state index contributed by atoms with van der Waals surface area (Å²) in [6.07, 6.45) is 5.04. The quantitative estimate of drug-likeness (QED) is 0.0313. The van der Waals surface area contributed by atoms with Gasteiger partial charge in [-0.1, -0.05) is 35.9 Å². The van der Waals surface area contributed by atoms with Crippen LogP contribution in [0.1, 0.15) is 44.1 Å². The number of aliphatic imine (C=N–C) groups is 1. The Labute approximate surface area is 278 Å². The maximum atomic E-state index is 12.8. The van der Waals surface area contributed by atoms with Gasteiger partial charge in [0.05, 0.1) is 31.9 Å². The normalized spacial score (nSPS) is 11.8. The monoisotopic (exact) mass is 667 g/mol. The van der Waals surface area contributed by atoms with Crippen molar-refractivity contribution >= 4 is 42.6 Å². The molecule has 0 aliphatic carbocycles. The predicted molar refractivity (Wildman–Crippen MR) is 184 cm³/mol. The van der Waals surface area contributed by atoms with Gasteiger partial charge >= 0.3 is 5.97 Å². The number of nitrogens with zero attached hydrogens (tertiary/aromatic N) is 1. The van der Waals surface area contributed by atoms with Crippen LogP contribution in [0.4, 0.5) is 0 Å². The number of likely N-dealkylation sites (N-methyl/N-ethyl adjacent to an activating group) is 2. The van der Waals surface area contributed by atoms with Gasteiger partial charge in [0.15, 0.2) is 0 Å². The fourth-order valence-electron chi connectivity index (χ4n) is 3.53. The Morgan fingerprint density at radius 1 is 0.894 bits per heavy atom. The van der Waals surface area contributed by atoms with Crippen LogP contribution >= 0.6 is 0 Å². The van der Waals surface area contributed by atoms with E-state index in [1.807, 2.05) is 25.2 Å². The second-order valence-corrected chi connectivity index (χ2v) is 9.70. The van der Waals surface area contributed by atoms with Crippen LogP contribution in [-0.4, -0.2) is 120 Å². The van der Waals surface area contributed by atoms with Crippen LogP contribution in [0.25, 0.3) is 0 Å². The number of nitrogens with two attached hydrogens (primary N) is 2. The van der Waals surface area contributed by atoms with Crippen molar-refractivity contribution in [2.75, 3.05) is 54.4 Å². The molecule has 0 radical (unpaired) electrons. The van der Waals surface area contributed by atoms with E-state index in [0.717, 1.165) is 19.4 Å². The molecule has 268 valence electrons. The third kappa shape index (κ3) is 30.2. The predicted octanol–water partition coefficient (Wildman–Crippen LogP) is -1.53. The maximum absolute atomic E-state index is 12.8. The molecular weight excluding hydrogens is 610 g/mol. The third-order valence-electron chi connectivity index (χ3n) is 5.91. The second kappa shape index (κ2) is 34.6. The number of hydrogen-bond acceptors (Lipinski definition) is 11. The zero-order valence-corrected chi connectivity index (χ0v) is 28.4. The molecule has 0 heterocycles. The van der Waals surface area contributed by atoms with Crippen molar-refractivity contribution in [3.05, 3.63) is 35.9 Å². The highest BCUT2D eigenvalue weighted by Crippen LogP contribution is 2.05. The SMILES string of the molecule is CN.CNC(C=O)CC(=O)O.CNCCCCC(NC(=O)CNC)C(=O)NC(CCCN=CN)C(=O)NCC=O.Cc1ccccc1. The molecule has 16 heteroatoms. The highest BCUT2D eigenvalue weighted by Gasteiger charge is 2.26. The summed E-state index contributed by atoms with van der Waals surface area (Å²) in [5.41, 5.74) is 11.0. The molecule has 0 fully saturated rings. The molecule has 1 rings (SSSR count). The second-order valence-electron chi connectivity index (χ2n) is 9.70. The van der Waals surface area contributed by atoms with Crippen LogP contribution in [0.15, 0.2) is 35.3 Å². The molecule has 0 spiro atoms. The number of carboxylic acids is 1. The Hall–Kier alpha value is -4.25. The van der Waals surface area contributed by atoms with E-state index < -0.39 is 35.9 Å². The van der Waals surface area contributed by atoms with E-state index in [2.05, 4.69) is 61.7 Å². The average molecular weight is 668 g/mol. The molecule has 11 N–H and O–H groups in total. The number of nitrogens with one attached hydrogen (secondary N) is 6. The van der Waals surface area contributed by atoms with Gasteiger partial charge in [-0.2, -0.15) is 0 Å². The summed E-state index contributed by atoms with van der Waals surface area (Å²) < 4.78 is 0. The molecule has 1 aromatic rings. The summed E-state index contributed by atoms with van der Waals surface area (Å²) in [6, 6.07) is 8.12. The Morgan fingerprint density at radius 2 is 1.51 bits per heavy atom. The fourth-order valence-corrected chi connectivity index (χ4v) is 3.53. The molecular formula is C31H57N9O7. The van der Waals surface area contributed by atoms with E-state index in [0.29, 0.717) is 38.4 Å². The van der Waals surface area contributed by atoms with Crippen LogP contribution in [0, 0.1) is 6.92 Å². The van der Waals surface area contributed by atoms with E-state index in [1.165, 1.54) is 18.9 Å². The smallest absolute Gasteiger partial charge is 0.305 e. The lowest BCUT2D eigenvalue weighted by molar-refractivity contribution is -0.138. The van der Waals surface area contributed by atoms with Crippen molar-refractivity contribution in [2.24, 2.45) is 16.5 Å². The number of carboxylic acid groups (broad SMARTS) is 1. The largest absolute Gasteiger partial charge is 0.481 e. The summed E-state index contributed by atoms with van der Waals surface area (Å²) in [7, 11) is 6.52. The maximum Gasteiger partial charge on any atom is 0.305 e. The standard InChI is InChI=1S/C18H35N7O4.C7H8.C5H9NO3.CH5N/c1-20-8-4-3-6-15(24-16(27)12-21-2)18(29)25-14(7-5-9-22-13-19)17(28)23-10-11-26;1-7-5-3-2-4-6-7;1-6-4(3-7)2-5(8)9;1-2/h11,13-15,20-21H,3-10,12H2,1-2H3,(H2,19,22)(H,23,28)(H,24,27)(H,25,29);2-6H,1H3;3-4,6H,2H2,1H3,(H,8,9);2H2,1H3. The highest BCUT2D eigenvalue weighted by molar-refractivity contribution is 5.92. The number of benzene rings is 1. The van der Waals surface area contributed by atoms with Crippen molar-refractivity contribution in [1.82, 2.24) is 31.9 Å². The molecule has 0 saturated carbocycles. The van der Waals surface area contributed by atoms with Gasteiger partial charge in [0.2, 0.25) is 17.7 Å². The minimum absolute atomic E-state index is 0.0840. The number of amides is 3. The van der Waals surface area contributed by atoms with Crippen molar-refractivity contribution < 1.29 is 33.9 Å². The van der Waals surface area contributed by atoms with Gasteiger partial charge in [-0.3, -0.25) is 24.2 Å². The first-order valence-corrected chi connectivity index (χ1v) is 15.3. The Morgan fingerprint density at radius 3 is 1.96 bits per heavy atom. The molecule has 47 heavy (non-hydrogen) atoms. The first-order valence-electron chi connectivity index (χ1n) is 15.3. The summed E-state index contributed by atoms with van der Waals surface area (Å²) >= 11 is 0. The van der Waals surface area contributed by atoms with Crippen molar-refractivity contribution in [2.45, 2.75) is 63.6 Å². The number of aryl methyl sites for hydroxylation is 1. The first kappa shape index (κ1) is 47.2. The number of hydrogen-bond donors (Lipinski definition) is 9. The Kier molecular flexibility index (Phi) is 34.7. The summed E-state index contributed by atoms with van der Waals surface area (Å²) in [4.78, 5) is 71.3. The summed E-state index contributed by atoms with van der Waals surface area (Å²) in [5, 5.41) is 24.3. The topological polar surface area (TPSA) is 259 Å². The molecule has 0 aromatic heterocycles. The van der Waals surface area contributed by atoms with Crippen molar-refractivity contribution in [3.8, 4) is 0 Å². The molecule has 3 atom stereocenters. The van der Waals surface area contributed by atoms with Gasteiger partial charge in [-0.25, -0.2) is 0 Å². The van der Waals surface area contributed by atoms with E-state index in [9.17, 15) is 28.8 Å². The summed E-state index contributed by atoms with van der Waals surface area (Å²) in [6.45, 7) is 3.24. The zero-order chi connectivity index (χ0) is 36.3. The minimum atomic E-state index is -0.971. The fraction of sp³-hybridized carbons (Fsp3) is 0.581. The number of aliphatic carboxylic acids is 1. The lowest BCUT2D eigenvalue weighted by atomic mass is 10.1. The van der Waals surface area contributed by atoms with Crippen molar-refractivity contribution in [3.63, 3.8) is 0 Å².